The van der Waals surface area contributed by atoms with E-state index in [1.807, 2.05) is 12.1 Å². The molecule has 0 unspecified atom stereocenters. The molecule has 0 saturated heterocycles. The molecular formula is C43H60N4O2. The number of benzene rings is 2. The molecule has 1 aliphatic heterocycles. The Morgan fingerprint density at radius 3 is 2.20 bits per heavy atom. The van der Waals surface area contributed by atoms with E-state index in [0.29, 0.717) is 11.8 Å². The maximum absolute atomic E-state index is 11.8. The van der Waals surface area contributed by atoms with Gasteiger partial charge in [0, 0.05) is 58.8 Å². The van der Waals surface area contributed by atoms with Crippen LogP contribution in [0.3, 0.4) is 0 Å². The number of allylic oxidation sites excluding steroid dienone is 8. The van der Waals surface area contributed by atoms with Gasteiger partial charge >= 0.3 is 0 Å². The van der Waals surface area contributed by atoms with Crippen molar-refractivity contribution in [1.29, 1.82) is 0 Å². The highest BCUT2D eigenvalue weighted by Gasteiger charge is 2.47. The van der Waals surface area contributed by atoms with Crippen LogP contribution < -0.4 is 16.0 Å². The molecule has 49 heavy (non-hydrogen) atoms. The first-order valence-electron chi connectivity index (χ1n) is 19.1. The molecule has 0 bridgehead atoms. The molecule has 3 N–H and O–H groups in total. The van der Waals surface area contributed by atoms with Gasteiger partial charge in [0.25, 0.3) is 5.69 Å². The number of nitrogens with one attached hydrogen (secondary N) is 1. The number of nitro groups is 1. The van der Waals surface area contributed by atoms with E-state index >= 15 is 0 Å². The molecule has 264 valence electrons. The first kappa shape index (κ1) is 36.5. The number of rotatable bonds is 14. The van der Waals surface area contributed by atoms with Crippen molar-refractivity contribution in [2.45, 2.75) is 122 Å². The van der Waals surface area contributed by atoms with Crippen LogP contribution in [0.1, 0.15) is 122 Å². The lowest BCUT2D eigenvalue weighted by molar-refractivity contribution is -0.385. The van der Waals surface area contributed by atoms with Crippen LogP contribution in [0.5, 0.6) is 0 Å². The Morgan fingerprint density at radius 2 is 1.51 bits per heavy atom. The molecule has 6 heteroatoms. The molecule has 3 aliphatic rings. The SMILES string of the molecule is CC(C)CCNc1ccc([N+](=O)[O-])cc1C1(C/C=C/C=C/C=C/C=C2/N(CCC(C)C)c3ccc(N)cc3C23CCCCC3)CCCCC1. The van der Waals surface area contributed by atoms with Gasteiger partial charge < -0.3 is 16.0 Å². The van der Waals surface area contributed by atoms with Crippen molar-refractivity contribution in [3.63, 3.8) is 0 Å². The minimum Gasteiger partial charge on any atom is -0.399 e. The summed E-state index contributed by atoms with van der Waals surface area (Å²) in [5, 5.41) is 15.4. The van der Waals surface area contributed by atoms with E-state index in [0.717, 1.165) is 75.0 Å². The van der Waals surface area contributed by atoms with Crippen molar-refractivity contribution in [2.75, 3.05) is 29.0 Å². The van der Waals surface area contributed by atoms with Crippen LogP contribution in [0.25, 0.3) is 0 Å². The van der Waals surface area contributed by atoms with Crippen molar-refractivity contribution in [2.24, 2.45) is 11.8 Å². The Morgan fingerprint density at radius 1 is 0.837 bits per heavy atom. The molecule has 0 amide bonds. The normalized spacial score (nSPS) is 19.7. The van der Waals surface area contributed by atoms with E-state index in [1.165, 1.54) is 55.5 Å². The van der Waals surface area contributed by atoms with E-state index in [2.05, 4.69) is 98.6 Å². The zero-order valence-corrected chi connectivity index (χ0v) is 30.6. The van der Waals surface area contributed by atoms with E-state index in [9.17, 15) is 10.1 Å². The predicted molar refractivity (Wildman–Crippen MR) is 208 cm³/mol. The summed E-state index contributed by atoms with van der Waals surface area (Å²) in [6, 6.07) is 12.0. The highest BCUT2D eigenvalue weighted by Crippen LogP contribution is 2.56. The summed E-state index contributed by atoms with van der Waals surface area (Å²) in [4.78, 5) is 14.1. The Labute approximate surface area is 295 Å². The van der Waals surface area contributed by atoms with Crippen molar-refractivity contribution < 1.29 is 4.92 Å². The number of nitrogen functional groups attached to an aromatic ring is 1. The molecular weight excluding hydrogens is 604 g/mol. The second-order valence-electron chi connectivity index (χ2n) is 15.6. The van der Waals surface area contributed by atoms with Crippen LogP contribution in [-0.2, 0) is 10.8 Å². The Balaban J connectivity index is 1.34. The van der Waals surface area contributed by atoms with E-state index in [4.69, 9.17) is 5.73 Å². The first-order chi connectivity index (χ1) is 23.6. The monoisotopic (exact) mass is 664 g/mol. The van der Waals surface area contributed by atoms with Crippen LogP contribution in [0.15, 0.2) is 84.6 Å². The van der Waals surface area contributed by atoms with E-state index < -0.39 is 0 Å². The molecule has 5 rings (SSSR count). The highest BCUT2D eigenvalue weighted by molar-refractivity contribution is 5.74. The lowest BCUT2D eigenvalue weighted by Gasteiger charge is -2.38. The van der Waals surface area contributed by atoms with Crippen molar-refractivity contribution in [3.05, 3.63) is 106 Å². The van der Waals surface area contributed by atoms with Crippen molar-refractivity contribution in [3.8, 4) is 0 Å². The number of fused-ring (bicyclic) bond motifs is 2. The number of nitro benzene ring substituents is 1. The molecule has 0 radical (unpaired) electrons. The van der Waals surface area contributed by atoms with E-state index in [1.54, 1.807) is 6.07 Å². The van der Waals surface area contributed by atoms with Crippen LogP contribution >= 0.6 is 0 Å². The smallest absolute Gasteiger partial charge is 0.269 e. The van der Waals surface area contributed by atoms with Gasteiger partial charge in [-0.2, -0.15) is 0 Å². The van der Waals surface area contributed by atoms with Crippen molar-refractivity contribution in [1.82, 2.24) is 0 Å². The number of hydrogen-bond donors (Lipinski definition) is 2. The van der Waals surface area contributed by atoms with Crippen LogP contribution in [0.4, 0.5) is 22.7 Å². The second kappa shape index (κ2) is 16.7. The minimum atomic E-state index is -0.252. The standard InChI is InChI=1S/C43H60N4O2/c1-33(2)22-29-45-39-20-19-36(47(48)49)32-37(39)42(25-13-9-14-26-42)24-12-8-6-5-7-11-17-41-43(27-15-10-16-28-43)38-31-35(44)18-21-40(38)46(41)30-23-34(3)4/h5-8,11-12,17-21,31-34,45H,9-10,13-16,22-30,44H2,1-4H3/b6-5+,11-7+,12-8+,41-17+. The average molecular weight is 665 g/mol. The second-order valence-corrected chi connectivity index (χ2v) is 15.6. The summed E-state index contributed by atoms with van der Waals surface area (Å²) >= 11 is 0. The molecule has 0 atom stereocenters. The number of nitrogens with zero attached hydrogens (tertiary/aromatic N) is 2. The predicted octanol–water partition coefficient (Wildman–Crippen LogP) is 11.5. The average Bonchev–Trinajstić information content (AvgIpc) is 3.32. The molecule has 2 aromatic carbocycles. The third-order valence-corrected chi connectivity index (χ3v) is 11.2. The molecule has 0 aromatic heterocycles. The molecule has 1 heterocycles. The fraction of sp³-hybridized carbons (Fsp3) is 0.535. The van der Waals surface area contributed by atoms with Crippen LogP contribution in [-0.4, -0.2) is 18.0 Å². The quantitative estimate of drug-likeness (QED) is 0.0908. The van der Waals surface area contributed by atoms with Gasteiger partial charge in [0.1, 0.15) is 0 Å². The maximum atomic E-state index is 11.8. The molecule has 2 saturated carbocycles. The number of non-ortho nitro benzene ring substituents is 1. The van der Waals surface area contributed by atoms with Gasteiger partial charge in [0.05, 0.1) is 4.92 Å². The number of hydrogen-bond acceptors (Lipinski definition) is 5. The van der Waals surface area contributed by atoms with E-state index in [-0.39, 0.29) is 21.4 Å². The van der Waals surface area contributed by atoms with Gasteiger partial charge in [0.2, 0.25) is 0 Å². The lowest BCUT2D eigenvalue weighted by Crippen LogP contribution is -2.34. The Kier molecular flexibility index (Phi) is 12.5. The largest absolute Gasteiger partial charge is 0.399 e. The van der Waals surface area contributed by atoms with Crippen molar-refractivity contribution >= 4 is 22.7 Å². The zero-order valence-electron chi connectivity index (χ0n) is 30.6. The first-order valence-corrected chi connectivity index (χ1v) is 19.1. The Bertz CT molecular complexity index is 1540. The fourth-order valence-electron chi connectivity index (χ4n) is 8.51. The summed E-state index contributed by atoms with van der Waals surface area (Å²) in [7, 11) is 0. The summed E-state index contributed by atoms with van der Waals surface area (Å²) in [5.74, 6) is 1.24. The topological polar surface area (TPSA) is 84.4 Å². The summed E-state index contributed by atoms with van der Waals surface area (Å²) in [6.07, 6.45) is 30.3. The lowest BCUT2D eigenvalue weighted by atomic mass is 9.66. The van der Waals surface area contributed by atoms with Gasteiger partial charge in [-0.15, -0.1) is 0 Å². The van der Waals surface area contributed by atoms with Gasteiger partial charge in [-0.1, -0.05) is 103 Å². The molecule has 2 fully saturated rings. The zero-order chi connectivity index (χ0) is 34.9. The fourth-order valence-corrected chi connectivity index (χ4v) is 8.51. The van der Waals surface area contributed by atoms with Gasteiger partial charge in [-0.05, 0) is 98.2 Å². The third-order valence-electron chi connectivity index (χ3n) is 11.2. The highest BCUT2D eigenvalue weighted by atomic mass is 16.6. The minimum absolute atomic E-state index is 0.0528. The number of anilines is 3. The molecule has 2 aliphatic carbocycles. The molecule has 2 aromatic rings. The summed E-state index contributed by atoms with van der Waals surface area (Å²) < 4.78 is 0. The molecule has 6 nitrogen and oxygen atoms in total. The summed E-state index contributed by atoms with van der Waals surface area (Å²) in [5.41, 5.74) is 13.7. The van der Waals surface area contributed by atoms with Gasteiger partial charge in [-0.25, -0.2) is 0 Å². The number of nitrogens with two attached hydrogens (primary N) is 1. The van der Waals surface area contributed by atoms with Gasteiger partial charge in [-0.3, -0.25) is 10.1 Å². The van der Waals surface area contributed by atoms with Crippen LogP contribution in [0.2, 0.25) is 0 Å². The van der Waals surface area contributed by atoms with Crippen LogP contribution in [0, 0.1) is 22.0 Å². The molecule has 1 spiro atoms. The summed E-state index contributed by atoms with van der Waals surface area (Å²) in [6.45, 7) is 11.0. The maximum Gasteiger partial charge on any atom is 0.269 e. The Hall–Kier alpha value is -3.80. The van der Waals surface area contributed by atoms with Gasteiger partial charge in [0.15, 0.2) is 0 Å². The third kappa shape index (κ3) is 8.69.